The summed E-state index contributed by atoms with van der Waals surface area (Å²) in [5.74, 6) is 1.04. The molecule has 2 aromatic heterocycles. The molecule has 0 saturated carbocycles. The van der Waals surface area contributed by atoms with Crippen LogP contribution in [0.1, 0.15) is 6.92 Å². The van der Waals surface area contributed by atoms with Gasteiger partial charge in [0.1, 0.15) is 16.2 Å². The van der Waals surface area contributed by atoms with Crippen LogP contribution in [0.2, 0.25) is 0 Å². The molecule has 4 aromatic rings. The van der Waals surface area contributed by atoms with Crippen LogP contribution in [0.3, 0.4) is 0 Å². The Morgan fingerprint density at radius 2 is 1.84 bits per heavy atom. The highest BCUT2D eigenvalue weighted by atomic mass is 32.2. The number of hydrogen-bond donors (Lipinski definition) is 1. The number of ether oxygens (including phenoxy) is 2. The minimum Gasteiger partial charge on any atom is -0.493 e. The minimum absolute atomic E-state index is 0.125. The summed E-state index contributed by atoms with van der Waals surface area (Å²) in [6.07, 6.45) is 1.55. The van der Waals surface area contributed by atoms with E-state index in [1.165, 1.54) is 11.8 Å². The van der Waals surface area contributed by atoms with Crippen molar-refractivity contribution in [2.24, 2.45) is 0 Å². The van der Waals surface area contributed by atoms with Crippen molar-refractivity contribution in [1.29, 1.82) is 0 Å². The van der Waals surface area contributed by atoms with E-state index in [-0.39, 0.29) is 11.2 Å². The fourth-order valence-corrected chi connectivity index (χ4v) is 5.06. The van der Waals surface area contributed by atoms with Crippen LogP contribution in [0.15, 0.2) is 65.3 Å². The molecule has 0 aliphatic heterocycles. The van der Waals surface area contributed by atoms with Crippen LogP contribution in [0.4, 0.5) is 5.69 Å². The molecule has 0 aliphatic rings. The van der Waals surface area contributed by atoms with E-state index in [0.29, 0.717) is 17.2 Å². The number of aromatic nitrogens is 2. The fraction of sp³-hybridized carbons (Fsp3) is 0.174. The Morgan fingerprint density at radius 1 is 1.06 bits per heavy atom. The highest BCUT2D eigenvalue weighted by Crippen LogP contribution is 2.39. The number of thiophene rings is 1. The smallest absolute Gasteiger partial charge is 0.237 e. The molecule has 1 unspecified atom stereocenters. The molecule has 2 heterocycles. The lowest BCUT2D eigenvalue weighted by Gasteiger charge is -2.14. The molecule has 1 N–H and O–H groups in total. The van der Waals surface area contributed by atoms with Gasteiger partial charge in [0.05, 0.1) is 24.9 Å². The Morgan fingerprint density at radius 3 is 2.58 bits per heavy atom. The number of rotatable bonds is 7. The molecule has 0 aliphatic carbocycles. The van der Waals surface area contributed by atoms with Crippen LogP contribution in [-0.2, 0) is 4.79 Å². The molecule has 0 radical (unpaired) electrons. The third-order valence-electron chi connectivity index (χ3n) is 4.73. The standard InChI is InChI=1S/C23H21N3O3S2/c1-14(21(27)26-16-9-10-18(28-2)19(11-16)29-3)31-23-20-17(15-7-5-4-6-8-15)12-30-22(20)24-13-25-23/h4-14H,1-3H3,(H,26,27). The summed E-state index contributed by atoms with van der Waals surface area (Å²) in [6, 6.07) is 15.4. The number of carbonyl (C=O) groups excluding carboxylic acids is 1. The van der Waals surface area contributed by atoms with Crippen molar-refractivity contribution in [3.63, 3.8) is 0 Å². The lowest BCUT2D eigenvalue weighted by Crippen LogP contribution is -2.22. The van der Waals surface area contributed by atoms with E-state index in [0.717, 1.165) is 26.4 Å². The Balaban J connectivity index is 1.57. The molecule has 4 rings (SSSR count). The van der Waals surface area contributed by atoms with E-state index in [2.05, 4.69) is 32.8 Å². The lowest BCUT2D eigenvalue weighted by atomic mass is 10.1. The lowest BCUT2D eigenvalue weighted by molar-refractivity contribution is -0.115. The van der Waals surface area contributed by atoms with Crippen molar-refractivity contribution in [2.75, 3.05) is 19.5 Å². The van der Waals surface area contributed by atoms with Gasteiger partial charge >= 0.3 is 0 Å². The van der Waals surface area contributed by atoms with E-state index in [4.69, 9.17) is 9.47 Å². The van der Waals surface area contributed by atoms with E-state index in [1.807, 2.05) is 25.1 Å². The summed E-state index contributed by atoms with van der Waals surface area (Å²) in [6.45, 7) is 1.86. The zero-order valence-corrected chi connectivity index (χ0v) is 18.9. The highest BCUT2D eigenvalue weighted by Gasteiger charge is 2.20. The molecule has 1 atom stereocenters. The normalized spacial score (nSPS) is 11.8. The topological polar surface area (TPSA) is 73.3 Å². The molecule has 6 nitrogen and oxygen atoms in total. The third-order valence-corrected chi connectivity index (χ3v) is 6.72. The molecule has 0 bridgehead atoms. The van der Waals surface area contributed by atoms with Gasteiger partial charge in [0, 0.05) is 22.7 Å². The Bertz CT molecular complexity index is 1210. The average Bonchev–Trinajstić information content (AvgIpc) is 3.24. The monoisotopic (exact) mass is 451 g/mol. The molecule has 158 valence electrons. The van der Waals surface area contributed by atoms with Crippen LogP contribution < -0.4 is 14.8 Å². The number of nitrogens with zero attached hydrogens (tertiary/aromatic N) is 2. The van der Waals surface area contributed by atoms with E-state index >= 15 is 0 Å². The summed E-state index contributed by atoms with van der Waals surface area (Å²) in [5.41, 5.74) is 2.83. The van der Waals surface area contributed by atoms with E-state index in [1.54, 1.807) is 50.1 Å². The van der Waals surface area contributed by atoms with Crippen LogP contribution in [0.25, 0.3) is 21.3 Å². The largest absolute Gasteiger partial charge is 0.493 e. The summed E-state index contributed by atoms with van der Waals surface area (Å²) in [5, 5.41) is 6.44. The van der Waals surface area contributed by atoms with Crippen molar-refractivity contribution in [2.45, 2.75) is 17.2 Å². The number of thioether (sulfide) groups is 1. The van der Waals surface area contributed by atoms with Crippen molar-refractivity contribution in [3.05, 3.63) is 60.2 Å². The van der Waals surface area contributed by atoms with Crippen molar-refractivity contribution in [1.82, 2.24) is 9.97 Å². The summed E-state index contributed by atoms with van der Waals surface area (Å²) in [4.78, 5) is 22.7. The van der Waals surface area contributed by atoms with Gasteiger partial charge in [-0.3, -0.25) is 4.79 Å². The molecule has 31 heavy (non-hydrogen) atoms. The Hall–Kier alpha value is -3.10. The molecule has 1 amide bonds. The minimum atomic E-state index is -0.366. The van der Waals surface area contributed by atoms with Crippen LogP contribution in [-0.4, -0.2) is 35.3 Å². The average molecular weight is 452 g/mol. The first kappa shape index (κ1) is 21.1. The highest BCUT2D eigenvalue weighted by molar-refractivity contribution is 8.00. The number of amides is 1. The molecular weight excluding hydrogens is 430 g/mol. The Kier molecular flexibility index (Phi) is 6.39. The summed E-state index contributed by atoms with van der Waals surface area (Å²) in [7, 11) is 3.14. The number of nitrogens with one attached hydrogen (secondary N) is 1. The number of hydrogen-bond acceptors (Lipinski definition) is 7. The molecule has 2 aromatic carbocycles. The first-order valence-electron chi connectivity index (χ1n) is 9.58. The predicted molar refractivity (Wildman–Crippen MR) is 126 cm³/mol. The van der Waals surface area contributed by atoms with Gasteiger partial charge in [0.15, 0.2) is 11.5 Å². The second-order valence-corrected chi connectivity index (χ2v) is 8.88. The van der Waals surface area contributed by atoms with Crippen LogP contribution >= 0.6 is 23.1 Å². The predicted octanol–water partition coefficient (Wildman–Crippen LogP) is 5.49. The quantitative estimate of drug-likeness (QED) is 0.296. The summed E-state index contributed by atoms with van der Waals surface area (Å²) >= 11 is 3.00. The zero-order valence-electron chi connectivity index (χ0n) is 17.3. The second-order valence-electron chi connectivity index (χ2n) is 6.69. The van der Waals surface area contributed by atoms with Crippen LogP contribution in [0.5, 0.6) is 11.5 Å². The first-order chi connectivity index (χ1) is 15.1. The maximum atomic E-state index is 12.9. The first-order valence-corrected chi connectivity index (χ1v) is 11.3. The van der Waals surface area contributed by atoms with Crippen molar-refractivity contribution >= 4 is 44.9 Å². The SMILES string of the molecule is COc1ccc(NC(=O)C(C)Sc2ncnc3scc(-c4ccccc4)c23)cc1OC. The van der Waals surface area contributed by atoms with Gasteiger partial charge in [-0.05, 0) is 24.6 Å². The number of carbonyl (C=O) groups is 1. The van der Waals surface area contributed by atoms with Crippen LogP contribution in [0, 0.1) is 0 Å². The fourth-order valence-electron chi connectivity index (χ4n) is 3.15. The third kappa shape index (κ3) is 4.50. The van der Waals surface area contributed by atoms with Gasteiger partial charge in [-0.1, -0.05) is 42.1 Å². The number of methoxy groups -OCH3 is 2. The molecule has 0 spiro atoms. The number of anilines is 1. The molecule has 0 saturated heterocycles. The van der Waals surface area contributed by atoms with Gasteiger partial charge < -0.3 is 14.8 Å². The Labute approximate surface area is 188 Å². The van der Waals surface area contributed by atoms with Crippen molar-refractivity contribution in [3.8, 4) is 22.6 Å². The van der Waals surface area contributed by atoms with E-state index in [9.17, 15) is 4.79 Å². The molecular formula is C23H21N3O3S2. The maximum absolute atomic E-state index is 12.9. The zero-order chi connectivity index (χ0) is 21.8. The van der Waals surface area contributed by atoms with Gasteiger partial charge in [0.25, 0.3) is 0 Å². The van der Waals surface area contributed by atoms with Crippen molar-refractivity contribution < 1.29 is 14.3 Å². The number of fused-ring (bicyclic) bond motifs is 1. The van der Waals surface area contributed by atoms with Gasteiger partial charge in [0.2, 0.25) is 5.91 Å². The van der Waals surface area contributed by atoms with Gasteiger partial charge in [-0.25, -0.2) is 9.97 Å². The second kappa shape index (κ2) is 9.36. The number of benzene rings is 2. The van der Waals surface area contributed by atoms with Gasteiger partial charge in [-0.2, -0.15) is 0 Å². The van der Waals surface area contributed by atoms with Gasteiger partial charge in [-0.15, -0.1) is 11.3 Å². The molecule has 0 fully saturated rings. The summed E-state index contributed by atoms with van der Waals surface area (Å²) < 4.78 is 10.6. The molecule has 8 heteroatoms. The van der Waals surface area contributed by atoms with E-state index < -0.39 is 0 Å². The maximum Gasteiger partial charge on any atom is 0.237 e.